The molecule has 2 saturated heterocycles. The first-order chi connectivity index (χ1) is 9.63. The number of hydrogen-bond acceptors (Lipinski definition) is 5. The molecule has 0 radical (unpaired) electrons. The molecule has 1 aromatic rings. The van der Waals surface area contributed by atoms with Crippen molar-refractivity contribution in [2.24, 2.45) is 5.92 Å². The van der Waals surface area contributed by atoms with Gasteiger partial charge in [-0.3, -0.25) is 0 Å². The van der Waals surface area contributed by atoms with Crippen LogP contribution in [0.4, 0.5) is 0 Å². The average Bonchev–Trinajstić information content (AvgIpc) is 3.03. The Hall–Kier alpha value is -0.460. The van der Waals surface area contributed by atoms with Crippen LogP contribution in [-0.2, 0) is 25.6 Å². The van der Waals surface area contributed by atoms with E-state index in [4.69, 9.17) is 18.9 Å². The summed E-state index contributed by atoms with van der Waals surface area (Å²) in [7, 11) is 0. The molecule has 2 aliphatic rings. The van der Waals surface area contributed by atoms with E-state index < -0.39 is 0 Å². The molecule has 2 aliphatic heterocycles. The fourth-order valence-corrected chi connectivity index (χ4v) is 3.46. The quantitative estimate of drug-likeness (QED) is 0.836. The normalized spacial score (nSPS) is 36.7. The third-order valence-corrected chi connectivity index (χ3v) is 4.40. The molecule has 1 aromatic heterocycles. The maximum absolute atomic E-state index is 6.10. The molecular weight excluding hydrogens is 276 g/mol. The zero-order valence-corrected chi connectivity index (χ0v) is 13.0. The minimum Gasteiger partial charge on any atom is -0.368 e. The van der Waals surface area contributed by atoms with E-state index in [0.29, 0.717) is 12.5 Å². The maximum Gasteiger partial charge on any atom is 0.189 e. The summed E-state index contributed by atoms with van der Waals surface area (Å²) in [4.78, 5) is 0. The highest BCUT2D eigenvalue weighted by Crippen LogP contribution is 2.36. The van der Waals surface area contributed by atoms with Crippen LogP contribution in [0.3, 0.4) is 0 Å². The van der Waals surface area contributed by atoms with E-state index in [9.17, 15) is 0 Å². The summed E-state index contributed by atoms with van der Waals surface area (Å²) in [5, 5.41) is 4.18. The molecule has 0 N–H and O–H groups in total. The second-order valence-electron chi connectivity index (χ2n) is 5.88. The molecule has 2 fully saturated rings. The predicted octanol–water partition coefficient (Wildman–Crippen LogP) is 3.17. The monoisotopic (exact) mass is 298 g/mol. The Morgan fingerprint density at radius 1 is 1.30 bits per heavy atom. The van der Waals surface area contributed by atoms with Crippen molar-refractivity contribution in [3.05, 3.63) is 22.4 Å². The van der Waals surface area contributed by atoms with Gasteiger partial charge in [0.25, 0.3) is 0 Å². The smallest absolute Gasteiger partial charge is 0.189 e. The topological polar surface area (TPSA) is 36.9 Å². The third kappa shape index (κ3) is 3.07. The van der Waals surface area contributed by atoms with Gasteiger partial charge in [-0.05, 0) is 41.7 Å². The molecule has 20 heavy (non-hydrogen) atoms. The van der Waals surface area contributed by atoms with Gasteiger partial charge in [0.15, 0.2) is 12.6 Å². The number of thiophene rings is 1. The van der Waals surface area contributed by atoms with E-state index in [1.165, 1.54) is 5.56 Å². The van der Waals surface area contributed by atoms with Crippen LogP contribution in [0, 0.1) is 5.92 Å². The number of ether oxygens (including phenoxy) is 4. The molecule has 5 atom stereocenters. The first-order valence-corrected chi connectivity index (χ1v) is 8.17. The molecule has 112 valence electrons. The second-order valence-corrected chi connectivity index (χ2v) is 6.66. The lowest BCUT2D eigenvalue weighted by molar-refractivity contribution is -0.170. The van der Waals surface area contributed by atoms with Crippen molar-refractivity contribution in [1.82, 2.24) is 0 Å². The Bertz CT molecular complexity index is 420. The largest absolute Gasteiger partial charge is 0.368 e. The summed E-state index contributed by atoms with van der Waals surface area (Å²) >= 11 is 1.69. The lowest BCUT2D eigenvalue weighted by Crippen LogP contribution is -2.35. The lowest BCUT2D eigenvalue weighted by Gasteiger charge is -2.24. The summed E-state index contributed by atoms with van der Waals surface area (Å²) in [5.74, 6) is 0.559. The molecule has 0 saturated carbocycles. The van der Waals surface area contributed by atoms with E-state index >= 15 is 0 Å². The predicted molar refractivity (Wildman–Crippen MR) is 76.4 cm³/mol. The Labute approximate surface area is 124 Å². The Kier molecular flexibility index (Phi) is 4.43. The van der Waals surface area contributed by atoms with Gasteiger partial charge in [-0.1, -0.05) is 13.8 Å². The van der Waals surface area contributed by atoms with Gasteiger partial charge in [0.2, 0.25) is 0 Å². The van der Waals surface area contributed by atoms with E-state index in [1.54, 1.807) is 11.3 Å². The molecule has 4 nitrogen and oxygen atoms in total. The van der Waals surface area contributed by atoms with E-state index in [-0.39, 0.29) is 30.9 Å². The van der Waals surface area contributed by atoms with Crippen LogP contribution in [0.2, 0.25) is 0 Å². The molecule has 3 heterocycles. The number of fused-ring (bicyclic) bond motifs is 1. The Balaban J connectivity index is 1.65. The van der Waals surface area contributed by atoms with E-state index in [0.717, 1.165) is 6.42 Å². The Morgan fingerprint density at radius 3 is 2.85 bits per heavy atom. The van der Waals surface area contributed by atoms with Gasteiger partial charge in [0, 0.05) is 0 Å². The lowest BCUT2D eigenvalue weighted by atomic mass is 10.0. The van der Waals surface area contributed by atoms with Crippen LogP contribution < -0.4 is 0 Å². The summed E-state index contributed by atoms with van der Waals surface area (Å²) in [6, 6.07) is 2.09. The second kappa shape index (κ2) is 6.12. The minimum absolute atomic E-state index is 0.0488. The van der Waals surface area contributed by atoms with Crippen molar-refractivity contribution in [2.75, 3.05) is 0 Å². The average molecular weight is 298 g/mol. The number of hydrogen-bond donors (Lipinski definition) is 0. The van der Waals surface area contributed by atoms with Crippen molar-refractivity contribution in [3.63, 3.8) is 0 Å². The standard InChI is InChI=1S/C15H22O4S/c1-9(2)6-12-13(16-7-11-4-5-20-8-11)14-15(19-12)18-10(3)17-14/h4-5,8-10,12-15H,6-7H2,1-3H3/t10?,12-,13+,14-,15+/m1/s1. The van der Waals surface area contributed by atoms with E-state index in [1.807, 2.05) is 6.92 Å². The SMILES string of the molecule is CC(C)C[C@H]1O[C@@H]2OC(C)O[C@@H]2[C@H]1OCc1ccsc1. The van der Waals surface area contributed by atoms with Crippen molar-refractivity contribution >= 4 is 11.3 Å². The minimum atomic E-state index is -0.277. The van der Waals surface area contributed by atoms with Crippen LogP contribution in [0.15, 0.2) is 16.8 Å². The third-order valence-electron chi connectivity index (χ3n) is 3.67. The van der Waals surface area contributed by atoms with E-state index in [2.05, 4.69) is 30.7 Å². The van der Waals surface area contributed by atoms with Gasteiger partial charge < -0.3 is 18.9 Å². The molecule has 0 bridgehead atoms. The molecule has 3 rings (SSSR count). The van der Waals surface area contributed by atoms with Crippen molar-refractivity contribution in [1.29, 1.82) is 0 Å². The summed E-state index contributed by atoms with van der Waals surface area (Å²) in [6.45, 7) is 6.89. The van der Waals surface area contributed by atoms with Crippen molar-refractivity contribution in [2.45, 2.75) is 64.7 Å². The van der Waals surface area contributed by atoms with Gasteiger partial charge in [-0.15, -0.1) is 0 Å². The molecule has 5 heteroatoms. The molecule has 0 aromatic carbocycles. The summed E-state index contributed by atoms with van der Waals surface area (Å²) in [6.07, 6.45) is 0.372. The van der Waals surface area contributed by atoms with Crippen LogP contribution >= 0.6 is 11.3 Å². The van der Waals surface area contributed by atoms with Gasteiger partial charge in [0.05, 0.1) is 12.7 Å². The number of rotatable bonds is 5. The first kappa shape index (κ1) is 14.5. The van der Waals surface area contributed by atoms with Crippen LogP contribution in [0.1, 0.15) is 32.8 Å². The molecule has 0 aliphatic carbocycles. The molecular formula is C15H22O4S. The highest BCUT2D eigenvalue weighted by atomic mass is 32.1. The van der Waals surface area contributed by atoms with Gasteiger partial charge in [-0.2, -0.15) is 11.3 Å². The van der Waals surface area contributed by atoms with Crippen molar-refractivity contribution < 1.29 is 18.9 Å². The first-order valence-electron chi connectivity index (χ1n) is 7.22. The highest BCUT2D eigenvalue weighted by molar-refractivity contribution is 7.07. The molecule has 0 spiro atoms. The fraction of sp³-hybridized carbons (Fsp3) is 0.733. The van der Waals surface area contributed by atoms with Gasteiger partial charge in [0.1, 0.15) is 12.2 Å². The van der Waals surface area contributed by atoms with Crippen LogP contribution in [0.25, 0.3) is 0 Å². The zero-order chi connectivity index (χ0) is 14.1. The van der Waals surface area contributed by atoms with Crippen molar-refractivity contribution in [3.8, 4) is 0 Å². The van der Waals surface area contributed by atoms with Crippen LogP contribution in [-0.4, -0.2) is 30.9 Å². The summed E-state index contributed by atoms with van der Waals surface area (Å²) in [5.41, 5.74) is 1.20. The zero-order valence-electron chi connectivity index (χ0n) is 12.2. The molecule has 0 amide bonds. The summed E-state index contributed by atoms with van der Waals surface area (Å²) < 4.78 is 23.5. The Morgan fingerprint density at radius 2 is 2.15 bits per heavy atom. The van der Waals surface area contributed by atoms with Crippen LogP contribution in [0.5, 0.6) is 0 Å². The maximum atomic E-state index is 6.10. The fourth-order valence-electron chi connectivity index (χ4n) is 2.81. The highest BCUT2D eigenvalue weighted by Gasteiger charge is 2.51. The molecule has 1 unspecified atom stereocenters. The van der Waals surface area contributed by atoms with Gasteiger partial charge in [-0.25, -0.2) is 0 Å². The van der Waals surface area contributed by atoms with Gasteiger partial charge >= 0.3 is 0 Å².